The van der Waals surface area contributed by atoms with Gasteiger partial charge in [-0.2, -0.15) is 0 Å². The Morgan fingerprint density at radius 3 is 1.96 bits per heavy atom. The Bertz CT molecular complexity index is 1060. The van der Waals surface area contributed by atoms with Crippen LogP contribution in [-0.2, 0) is 25.7 Å². The monoisotopic (exact) mass is 336 g/mol. The smallest absolute Gasteiger partial charge is 0.150 e. The van der Waals surface area contributed by atoms with Gasteiger partial charge in [0.2, 0.25) is 0 Å². The maximum atomic E-state index is 11.6. The molecule has 4 bridgehead atoms. The second-order valence-electron chi connectivity index (χ2n) is 7.28. The summed E-state index contributed by atoms with van der Waals surface area (Å²) in [5.41, 5.74) is 11.1. The highest BCUT2D eigenvalue weighted by Crippen LogP contribution is 2.34. The van der Waals surface area contributed by atoms with E-state index >= 15 is 0 Å². The second-order valence-corrected chi connectivity index (χ2v) is 7.28. The molecule has 0 aromatic carbocycles. The summed E-state index contributed by atoms with van der Waals surface area (Å²) in [6, 6.07) is 24.4. The summed E-state index contributed by atoms with van der Waals surface area (Å²) >= 11 is 0. The maximum Gasteiger partial charge on any atom is 0.150 e. The van der Waals surface area contributed by atoms with E-state index in [0.717, 1.165) is 43.1 Å². The van der Waals surface area contributed by atoms with Gasteiger partial charge in [-0.25, -0.2) is 0 Å². The van der Waals surface area contributed by atoms with Crippen molar-refractivity contribution < 1.29 is 4.79 Å². The van der Waals surface area contributed by atoms with Crippen molar-refractivity contribution in [3.63, 3.8) is 0 Å². The fourth-order valence-corrected chi connectivity index (χ4v) is 4.25. The molecule has 26 heavy (non-hydrogen) atoms. The third kappa shape index (κ3) is 2.52. The number of hydrogen-bond acceptors (Lipinski definition) is 1. The van der Waals surface area contributed by atoms with Crippen LogP contribution in [0.5, 0.6) is 0 Å². The van der Waals surface area contributed by atoms with Gasteiger partial charge in [-0.1, -0.05) is 60.7 Å². The summed E-state index contributed by atoms with van der Waals surface area (Å²) < 4.78 is 0. The van der Waals surface area contributed by atoms with Crippen molar-refractivity contribution in [2.45, 2.75) is 25.7 Å². The lowest BCUT2D eigenvalue weighted by molar-refractivity contribution is 0.112. The normalized spacial score (nSPS) is 13.7. The quantitative estimate of drug-likeness (QED) is 0.414. The van der Waals surface area contributed by atoms with E-state index < -0.39 is 0 Å². The molecule has 0 amide bonds. The molecule has 0 aromatic heterocycles. The van der Waals surface area contributed by atoms with Crippen LogP contribution in [-0.4, -0.2) is 6.29 Å². The first-order valence-electron chi connectivity index (χ1n) is 9.32. The van der Waals surface area contributed by atoms with Gasteiger partial charge in [-0.05, 0) is 76.3 Å². The third-order valence-electron chi connectivity index (χ3n) is 5.76. The van der Waals surface area contributed by atoms with Crippen molar-refractivity contribution >= 4 is 6.29 Å². The van der Waals surface area contributed by atoms with Crippen molar-refractivity contribution in [2.75, 3.05) is 0 Å². The van der Waals surface area contributed by atoms with E-state index in [4.69, 9.17) is 0 Å². The predicted molar refractivity (Wildman–Crippen MR) is 106 cm³/mol. The lowest BCUT2D eigenvalue weighted by atomic mass is 10.0. The van der Waals surface area contributed by atoms with Crippen LogP contribution in [0, 0.1) is 0 Å². The molecule has 5 aliphatic carbocycles. The molecule has 0 fully saturated rings. The first-order valence-corrected chi connectivity index (χ1v) is 9.32. The molecule has 0 saturated carbocycles. The van der Waals surface area contributed by atoms with E-state index in [1.54, 1.807) is 0 Å². The number of carbonyl (C=O) groups excluding carboxylic acids is 1. The fourth-order valence-electron chi connectivity index (χ4n) is 4.25. The molecule has 0 atom stereocenters. The Labute approximate surface area is 154 Å². The number of fused-ring (bicyclic) bond motifs is 4. The SMILES string of the molecule is O=Cc1cc2c3ccc(ccc1-3)CCc1ccc3ccc(c-3cc1)CC2. The van der Waals surface area contributed by atoms with Gasteiger partial charge in [0.1, 0.15) is 0 Å². The lowest BCUT2D eigenvalue weighted by Crippen LogP contribution is -1.91. The zero-order chi connectivity index (χ0) is 17.5. The van der Waals surface area contributed by atoms with Crippen LogP contribution in [0.1, 0.15) is 32.6 Å². The molecule has 0 aromatic rings. The Balaban J connectivity index is 1.70. The topological polar surface area (TPSA) is 17.1 Å². The largest absolute Gasteiger partial charge is 0.298 e. The van der Waals surface area contributed by atoms with E-state index in [0.29, 0.717) is 0 Å². The van der Waals surface area contributed by atoms with Crippen LogP contribution < -0.4 is 0 Å². The van der Waals surface area contributed by atoms with E-state index in [1.807, 2.05) is 0 Å². The molecule has 0 unspecified atom stereocenters. The van der Waals surface area contributed by atoms with Gasteiger partial charge in [-0.3, -0.25) is 4.79 Å². The number of rotatable bonds is 1. The fraction of sp³-hybridized carbons (Fsp3) is 0.160. The van der Waals surface area contributed by atoms with Gasteiger partial charge in [-0.15, -0.1) is 0 Å². The summed E-state index contributed by atoms with van der Waals surface area (Å²) in [4.78, 5) is 11.6. The van der Waals surface area contributed by atoms with Crippen LogP contribution >= 0.6 is 0 Å². The molecular formula is C25H20O. The van der Waals surface area contributed by atoms with E-state index in [9.17, 15) is 4.79 Å². The van der Waals surface area contributed by atoms with Crippen molar-refractivity contribution in [1.29, 1.82) is 0 Å². The average Bonchev–Trinajstić information content (AvgIpc) is 3.03. The second kappa shape index (κ2) is 6.10. The van der Waals surface area contributed by atoms with Crippen LogP contribution in [0.2, 0.25) is 0 Å². The molecule has 0 heterocycles. The van der Waals surface area contributed by atoms with Crippen LogP contribution in [0.25, 0.3) is 22.3 Å². The molecule has 0 N–H and O–H groups in total. The highest BCUT2D eigenvalue weighted by Gasteiger charge is 2.16. The van der Waals surface area contributed by atoms with Gasteiger partial charge in [0.05, 0.1) is 0 Å². The number of aryl methyl sites for hydroxylation is 4. The zero-order valence-corrected chi connectivity index (χ0v) is 14.7. The molecule has 0 radical (unpaired) electrons. The van der Waals surface area contributed by atoms with Crippen molar-refractivity contribution in [3.05, 3.63) is 94.5 Å². The Morgan fingerprint density at radius 2 is 1.19 bits per heavy atom. The molecule has 1 nitrogen and oxygen atoms in total. The molecular weight excluding hydrogens is 316 g/mol. The minimum atomic E-state index is 0.811. The molecule has 0 aliphatic heterocycles. The predicted octanol–water partition coefficient (Wildman–Crippen LogP) is 5.59. The van der Waals surface area contributed by atoms with Crippen LogP contribution in [0.15, 0.2) is 66.7 Å². The minimum absolute atomic E-state index is 0.811. The summed E-state index contributed by atoms with van der Waals surface area (Å²) in [6.07, 6.45) is 4.96. The van der Waals surface area contributed by atoms with Gasteiger partial charge in [0.25, 0.3) is 0 Å². The Morgan fingerprint density at radius 1 is 0.577 bits per heavy atom. The average molecular weight is 336 g/mol. The van der Waals surface area contributed by atoms with Gasteiger partial charge >= 0.3 is 0 Å². The summed E-state index contributed by atoms with van der Waals surface area (Å²) in [5.74, 6) is 0. The van der Waals surface area contributed by atoms with Crippen molar-refractivity contribution in [2.24, 2.45) is 0 Å². The third-order valence-corrected chi connectivity index (χ3v) is 5.76. The summed E-state index contributed by atoms with van der Waals surface area (Å²) in [5, 5.41) is 0. The van der Waals surface area contributed by atoms with E-state index in [1.165, 1.54) is 38.9 Å². The summed E-state index contributed by atoms with van der Waals surface area (Å²) in [6.45, 7) is 0. The first kappa shape index (κ1) is 15.3. The molecule has 126 valence electrons. The van der Waals surface area contributed by atoms with Gasteiger partial charge in [0, 0.05) is 5.56 Å². The van der Waals surface area contributed by atoms with E-state index in [2.05, 4.69) is 66.7 Å². The van der Waals surface area contributed by atoms with Crippen molar-refractivity contribution in [3.8, 4) is 22.3 Å². The highest BCUT2D eigenvalue weighted by molar-refractivity contribution is 5.91. The minimum Gasteiger partial charge on any atom is -0.298 e. The lowest BCUT2D eigenvalue weighted by Gasteiger charge is -2.04. The molecule has 1 heteroatoms. The van der Waals surface area contributed by atoms with E-state index in [-0.39, 0.29) is 0 Å². The van der Waals surface area contributed by atoms with Gasteiger partial charge in [0.15, 0.2) is 6.29 Å². The number of carbonyl (C=O) groups is 1. The standard InChI is InChI=1S/C25H20O/c26-16-22-15-21-11-10-20-9-8-19-7-3-17(4-12-23(19)20)1-2-18-5-13-24(21)25(22)14-6-18/h3-9,12-16H,1-2,10-11H2. The van der Waals surface area contributed by atoms with Crippen LogP contribution in [0.4, 0.5) is 0 Å². The highest BCUT2D eigenvalue weighted by atomic mass is 16.1. The first-order chi connectivity index (χ1) is 12.8. The zero-order valence-electron chi connectivity index (χ0n) is 14.7. The maximum absolute atomic E-state index is 11.6. The molecule has 5 rings (SSSR count). The molecule has 0 saturated heterocycles. The van der Waals surface area contributed by atoms with Crippen LogP contribution in [0.3, 0.4) is 0 Å². The van der Waals surface area contributed by atoms with Gasteiger partial charge < -0.3 is 0 Å². The summed E-state index contributed by atoms with van der Waals surface area (Å²) in [7, 11) is 0. The molecule has 0 spiro atoms. The number of aldehydes is 1. The molecule has 5 aliphatic rings. The number of hydrogen-bond donors (Lipinski definition) is 0. The Hall–Kier alpha value is -2.93. The van der Waals surface area contributed by atoms with Crippen molar-refractivity contribution in [1.82, 2.24) is 0 Å². The Kier molecular flexibility index (Phi) is 3.60.